The normalized spacial score (nSPS) is 18.2. The fourth-order valence-electron chi connectivity index (χ4n) is 3.15. The quantitative estimate of drug-likeness (QED) is 0.754. The molecule has 6 heteroatoms. The van der Waals surface area contributed by atoms with Gasteiger partial charge in [0.05, 0.1) is 20.3 Å². The lowest BCUT2D eigenvalue weighted by atomic mass is 10.0. The van der Waals surface area contributed by atoms with Gasteiger partial charge in [-0.05, 0) is 42.9 Å². The summed E-state index contributed by atoms with van der Waals surface area (Å²) in [5, 5.41) is 2.95. The van der Waals surface area contributed by atoms with Crippen LogP contribution in [0.15, 0.2) is 24.3 Å². The SMILES string of the molecule is COc1cccc(CC(NC(=O)C(=O)N(C)CC2COC2)C2CC2)c1. The molecule has 1 atom stereocenters. The number of likely N-dealkylation sites (N-methyl/N-ethyl adjacent to an activating group) is 1. The number of amides is 2. The average Bonchev–Trinajstić information content (AvgIpc) is 3.41. The van der Waals surface area contributed by atoms with Crippen molar-refractivity contribution in [2.45, 2.75) is 25.3 Å². The maximum absolute atomic E-state index is 12.4. The van der Waals surface area contributed by atoms with Crippen LogP contribution in [0.3, 0.4) is 0 Å². The number of carbonyl (C=O) groups excluding carboxylic acids is 2. The van der Waals surface area contributed by atoms with Gasteiger partial charge in [0.15, 0.2) is 0 Å². The molecule has 1 unspecified atom stereocenters. The molecule has 2 fully saturated rings. The minimum atomic E-state index is -0.512. The van der Waals surface area contributed by atoms with Crippen LogP contribution in [0.4, 0.5) is 0 Å². The molecule has 1 saturated heterocycles. The van der Waals surface area contributed by atoms with Gasteiger partial charge >= 0.3 is 11.8 Å². The predicted molar refractivity (Wildman–Crippen MR) is 93.3 cm³/mol. The average molecular weight is 346 g/mol. The van der Waals surface area contributed by atoms with Gasteiger partial charge in [-0.15, -0.1) is 0 Å². The van der Waals surface area contributed by atoms with Crippen molar-refractivity contribution in [3.63, 3.8) is 0 Å². The molecule has 2 amide bonds. The second kappa shape index (κ2) is 7.87. The van der Waals surface area contributed by atoms with Crippen molar-refractivity contribution in [1.82, 2.24) is 10.2 Å². The standard InChI is InChI=1S/C19H26N2O4/c1-21(10-14-11-25-12-14)19(23)18(22)20-17(15-6-7-15)9-13-4-3-5-16(8-13)24-2/h3-5,8,14-15,17H,6-7,9-12H2,1-2H3,(H,20,22). The third kappa shape index (κ3) is 4.72. The summed E-state index contributed by atoms with van der Waals surface area (Å²) in [6, 6.07) is 7.83. The monoisotopic (exact) mass is 346 g/mol. The maximum atomic E-state index is 12.4. The number of nitrogens with one attached hydrogen (secondary N) is 1. The Kier molecular flexibility index (Phi) is 5.58. The molecule has 0 aromatic heterocycles. The van der Waals surface area contributed by atoms with Crippen molar-refractivity contribution in [2.24, 2.45) is 11.8 Å². The van der Waals surface area contributed by atoms with E-state index < -0.39 is 11.8 Å². The van der Waals surface area contributed by atoms with Crippen molar-refractivity contribution in [3.8, 4) is 5.75 Å². The summed E-state index contributed by atoms with van der Waals surface area (Å²) in [6.45, 7) is 1.90. The summed E-state index contributed by atoms with van der Waals surface area (Å²) >= 11 is 0. The van der Waals surface area contributed by atoms with Gasteiger partial charge in [0.2, 0.25) is 0 Å². The van der Waals surface area contributed by atoms with Gasteiger partial charge in [0.25, 0.3) is 0 Å². The van der Waals surface area contributed by atoms with E-state index in [9.17, 15) is 9.59 Å². The number of benzene rings is 1. The molecule has 1 aromatic carbocycles. The van der Waals surface area contributed by atoms with Crippen molar-refractivity contribution >= 4 is 11.8 Å². The Bertz CT molecular complexity index is 626. The zero-order valence-electron chi connectivity index (χ0n) is 14.9. The fourth-order valence-corrected chi connectivity index (χ4v) is 3.15. The van der Waals surface area contributed by atoms with Crippen LogP contribution >= 0.6 is 0 Å². The molecule has 1 saturated carbocycles. The number of methoxy groups -OCH3 is 1. The zero-order chi connectivity index (χ0) is 17.8. The Hall–Kier alpha value is -2.08. The highest BCUT2D eigenvalue weighted by Crippen LogP contribution is 2.34. The molecule has 1 aliphatic heterocycles. The smallest absolute Gasteiger partial charge is 0.311 e. The molecule has 0 radical (unpaired) electrons. The molecule has 1 N–H and O–H groups in total. The van der Waals surface area contributed by atoms with E-state index in [4.69, 9.17) is 9.47 Å². The van der Waals surface area contributed by atoms with Crippen molar-refractivity contribution in [3.05, 3.63) is 29.8 Å². The largest absolute Gasteiger partial charge is 0.497 e. The van der Waals surface area contributed by atoms with E-state index in [0.717, 1.165) is 24.2 Å². The van der Waals surface area contributed by atoms with E-state index in [1.807, 2.05) is 24.3 Å². The molecule has 0 bridgehead atoms. The second-order valence-electron chi connectivity index (χ2n) is 7.06. The van der Waals surface area contributed by atoms with Crippen LogP contribution in [-0.2, 0) is 20.7 Å². The van der Waals surface area contributed by atoms with Crippen LogP contribution in [-0.4, -0.2) is 56.7 Å². The van der Waals surface area contributed by atoms with Gasteiger partial charge < -0.3 is 19.7 Å². The first-order valence-electron chi connectivity index (χ1n) is 8.83. The first-order chi connectivity index (χ1) is 12.1. The Morgan fingerprint density at radius 3 is 2.72 bits per heavy atom. The van der Waals surface area contributed by atoms with Crippen LogP contribution < -0.4 is 10.1 Å². The minimum absolute atomic E-state index is 0.0102. The highest BCUT2D eigenvalue weighted by atomic mass is 16.5. The lowest BCUT2D eigenvalue weighted by molar-refractivity contribution is -0.147. The fraction of sp³-hybridized carbons (Fsp3) is 0.579. The molecule has 2 aliphatic rings. The van der Waals surface area contributed by atoms with Crippen LogP contribution in [0.5, 0.6) is 5.75 Å². The summed E-state index contributed by atoms with van der Waals surface area (Å²) in [5.74, 6) is 0.619. The summed E-state index contributed by atoms with van der Waals surface area (Å²) < 4.78 is 10.4. The highest BCUT2D eigenvalue weighted by molar-refractivity contribution is 6.35. The van der Waals surface area contributed by atoms with E-state index in [1.165, 1.54) is 4.90 Å². The molecule has 3 rings (SSSR count). The number of ether oxygens (including phenoxy) is 2. The van der Waals surface area contributed by atoms with E-state index in [2.05, 4.69) is 5.32 Å². The Morgan fingerprint density at radius 1 is 1.36 bits per heavy atom. The summed E-state index contributed by atoms with van der Waals surface area (Å²) in [7, 11) is 3.31. The van der Waals surface area contributed by atoms with Gasteiger partial charge in [-0.1, -0.05) is 12.1 Å². The van der Waals surface area contributed by atoms with Gasteiger partial charge in [-0.25, -0.2) is 0 Å². The number of carbonyl (C=O) groups is 2. The van der Waals surface area contributed by atoms with Crippen molar-refractivity contribution < 1.29 is 19.1 Å². The topological polar surface area (TPSA) is 67.9 Å². The van der Waals surface area contributed by atoms with Crippen LogP contribution in [0.1, 0.15) is 18.4 Å². The molecule has 0 spiro atoms. The Morgan fingerprint density at radius 2 is 2.12 bits per heavy atom. The van der Waals surface area contributed by atoms with Crippen molar-refractivity contribution in [1.29, 1.82) is 0 Å². The summed E-state index contributed by atoms with van der Waals surface area (Å²) in [6.07, 6.45) is 2.90. The van der Waals surface area contributed by atoms with Gasteiger partial charge in [-0.3, -0.25) is 9.59 Å². The number of rotatable bonds is 7. The molecule has 25 heavy (non-hydrogen) atoms. The first-order valence-corrected chi connectivity index (χ1v) is 8.83. The van der Waals surface area contributed by atoms with E-state index in [0.29, 0.717) is 38.0 Å². The second-order valence-corrected chi connectivity index (χ2v) is 7.06. The van der Waals surface area contributed by atoms with Gasteiger partial charge in [0, 0.05) is 25.6 Å². The van der Waals surface area contributed by atoms with E-state index in [1.54, 1.807) is 14.2 Å². The van der Waals surface area contributed by atoms with E-state index >= 15 is 0 Å². The molecule has 1 aliphatic carbocycles. The van der Waals surface area contributed by atoms with Crippen LogP contribution in [0.25, 0.3) is 0 Å². The lowest BCUT2D eigenvalue weighted by Gasteiger charge is -2.30. The molecule has 6 nitrogen and oxygen atoms in total. The number of hydrogen-bond acceptors (Lipinski definition) is 4. The third-order valence-corrected chi connectivity index (χ3v) is 4.88. The number of nitrogens with zero attached hydrogens (tertiary/aromatic N) is 1. The molecule has 1 heterocycles. The first kappa shape index (κ1) is 17.7. The van der Waals surface area contributed by atoms with Gasteiger partial charge in [-0.2, -0.15) is 0 Å². The summed E-state index contributed by atoms with van der Waals surface area (Å²) in [4.78, 5) is 26.2. The zero-order valence-corrected chi connectivity index (χ0v) is 14.9. The Balaban J connectivity index is 1.57. The molecule has 1 aromatic rings. The summed E-state index contributed by atoms with van der Waals surface area (Å²) in [5.41, 5.74) is 1.10. The molecular weight excluding hydrogens is 320 g/mol. The maximum Gasteiger partial charge on any atom is 0.311 e. The Labute approximate surface area is 148 Å². The minimum Gasteiger partial charge on any atom is -0.497 e. The van der Waals surface area contributed by atoms with Crippen LogP contribution in [0.2, 0.25) is 0 Å². The highest BCUT2D eigenvalue weighted by Gasteiger charge is 2.34. The van der Waals surface area contributed by atoms with Crippen molar-refractivity contribution in [2.75, 3.05) is 33.9 Å². The predicted octanol–water partition coefficient (Wildman–Crippen LogP) is 1.24. The number of hydrogen-bond donors (Lipinski definition) is 1. The molecule has 136 valence electrons. The molecular formula is C19H26N2O4. The third-order valence-electron chi connectivity index (χ3n) is 4.88. The van der Waals surface area contributed by atoms with Crippen LogP contribution in [0, 0.1) is 11.8 Å². The van der Waals surface area contributed by atoms with Gasteiger partial charge in [0.1, 0.15) is 5.75 Å². The van der Waals surface area contributed by atoms with E-state index in [-0.39, 0.29) is 6.04 Å². The lowest BCUT2D eigenvalue weighted by Crippen LogP contribution is -2.49.